The second-order valence-corrected chi connectivity index (χ2v) is 7.14. The fourth-order valence-electron chi connectivity index (χ4n) is 3.50. The number of hydrogen-bond acceptors (Lipinski definition) is 2. The van der Waals surface area contributed by atoms with E-state index in [1.807, 2.05) is 30.6 Å². The van der Waals surface area contributed by atoms with Crippen molar-refractivity contribution < 1.29 is 14.6 Å². The summed E-state index contributed by atoms with van der Waals surface area (Å²) < 4.78 is 7.73. The van der Waals surface area contributed by atoms with Gasteiger partial charge in [-0.25, -0.2) is 4.98 Å². The normalized spacial score (nSPS) is 12.7. The number of rotatable bonds is 7. The number of nitrogens with two attached hydrogens (primary N) is 1. The number of benzene rings is 2. The Balaban J connectivity index is 1.41. The van der Waals surface area contributed by atoms with E-state index >= 15 is 0 Å². The molecule has 0 aliphatic carbocycles. The van der Waals surface area contributed by atoms with Crippen molar-refractivity contribution in [1.82, 2.24) is 9.55 Å². The van der Waals surface area contributed by atoms with Gasteiger partial charge in [-0.05, 0) is 36.4 Å². The van der Waals surface area contributed by atoms with E-state index in [-0.39, 0.29) is 0 Å². The van der Waals surface area contributed by atoms with Gasteiger partial charge >= 0.3 is 0 Å². The van der Waals surface area contributed by atoms with Crippen LogP contribution < -0.4 is 10.2 Å². The van der Waals surface area contributed by atoms with Crippen molar-refractivity contribution in [1.29, 1.82) is 0 Å². The lowest BCUT2D eigenvalue weighted by atomic mass is 10.1. The van der Waals surface area contributed by atoms with Crippen molar-refractivity contribution in [3.8, 4) is 5.69 Å². The van der Waals surface area contributed by atoms with Crippen LogP contribution in [0.3, 0.4) is 0 Å². The van der Waals surface area contributed by atoms with E-state index in [2.05, 4.69) is 65.4 Å². The van der Waals surface area contributed by atoms with E-state index in [1.54, 1.807) is 6.26 Å². The number of furan rings is 1. The number of para-hydroxylation sites is 2. The molecule has 4 rings (SSSR count). The second-order valence-electron chi connectivity index (χ2n) is 7.14. The molecule has 2 heterocycles. The minimum atomic E-state index is 0.358. The van der Waals surface area contributed by atoms with Crippen LogP contribution in [0.15, 0.2) is 77.7 Å². The zero-order valence-electron chi connectivity index (χ0n) is 15.8. The van der Waals surface area contributed by atoms with E-state index in [0.717, 1.165) is 35.6 Å². The van der Waals surface area contributed by atoms with Crippen molar-refractivity contribution in [3.05, 3.63) is 84.6 Å². The predicted octanol–water partition coefficient (Wildman–Crippen LogP) is 1.57. The van der Waals surface area contributed by atoms with Crippen LogP contribution in [-0.4, -0.2) is 30.2 Å². The largest absolute Gasteiger partial charge is 0.463 e. The Morgan fingerprint density at radius 3 is 2.59 bits per heavy atom. The van der Waals surface area contributed by atoms with Crippen molar-refractivity contribution in [2.75, 3.05) is 20.6 Å². The zero-order valence-corrected chi connectivity index (χ0v) is 15.8. The average Bonchev–Trinajstić information content (AvgIpc) is 3.35. The third-order valence-electron chi connectivity index (χ3n) is 5.03. The smallest absolute Gasteiger partial charge is 0.195 e. The fraction of sp³-hybridized carbons (Fsp3) is 0.227. The number of quaternary nitrogens is 2. The average molecular weight is 362 g/mol. The number of likely N-dealkylation sites (N-methyl/N-ethyl adjacent to an activating group) is 1. The van der Waals surface area contributed by atoms with Crippen LogP contribution >= 0.6 is 0 Å². The van der Waals surface area contributed by atoms with E-state index in [4.69, 9.17) is 4.42 Å². The lowest BCUT2D eigenvalue weighted by Gasteiger charge is -2.17. The summed E-state index contributed by atoms with van der Waals surface area (Å²) in [5.41, 5.74) is 4.60. The summed E-state index contributed by atoms with van der Waals surface area (Å²) in [6, 6.07) is 21.3. The molecule has 138 valence electrons. The molecular formula is C22H26N4O+2. The van der Waals surface area contributed by atoms with Crippen LogP contribution in [0.25, 0.3) is 16.7 Å². The summed E-state index contributed by atoms with van der Waals surface area (Å²) in [6.45, 7) is 1.94. The van der Waals surface area contributed by atoms with Gasteiger partial charge in [-0.2, -0.15) is 0 Å². The molecule has 0 aliphatic rings. The summed E-state index contributed by atoms with van der Waals surface area (Å²) in [7, 11) is 4.34. The highest BCUT2D eigenvalue weighted by atomic mass is 16.3. The summed E-state index contributed by atoms with van der Waals surface area (Å²) in [5, 5.41) is 2.35. The molecule has 0 fully saturated rings. The van der Waals surface area contributed by atoms with Gasteiger partial charge in [0.15, 0.2) is 11.8 Å². The van der Waals surface area contributed by atoms with Crippen LogP contribution in [0, 0.1) is 0 Å². The Bertz CT molecular complexity index is 987. The Morgan fingerprint density at radius 2 is 1.85 bits per heavy atom. The van der Waals surface area contributed by atoms with E-state index < -0.39 is 0 Å². The van der Waals surface area contributed by atoms with Crippen LogP contribution in [-0.2, 0) is 6.54 Å². The molecule has 0 bridgehead atoms. The molecule has 2 aromatic heterocycles. The number of imidazole rings is 1. The summed E-state index contributed by atoms with van der Waals surface area (Å²) in [4.78, 5) is 5.85. The Labute approximate surface area is 159 Å². The predicted molar refractivity (Wildman–Crippen MR) is 106 cm³/mol. The van der Waals surface area contributed by atoms with Gasteiger partial charge in [0.25, 0.3) is 0 Å². The third kappa shape index (κ3) is 3.79. The van der Waals surface area contributed by atoms with Crippen LogP contribution in [0.1, 0.15) is 17.4 Å². The van der Waals surface area contributed by atoms with E-state index in [1.165, 1.54) is 10.5 Å². The summed E-state index contributed by atoms with van der Waals surface area (Å²) in [5.74, 6) is 1.05. The topological polar surface area (TPSA) is 52.0 Å². The highest BCUT2D eigenvalue weighted by Crippen LogP contribution is 2.18. The first-order chi connectivity index (χ1) is 13.2. The van der Waals surface area contributed by atoms with Gasteiger partial charge in [0.05, 0.1) is 31.4 Å². The van der Waals surface area contributed by atoms with Gasteiger partial charge in [-0.15, -0.1) is 0 Å². The molecule has 0 aliphatic heterocycles. The molecule has 2 aromatic carbocycles. The molecule has 0 amide bonds. The van der Waals surface area contributed by atoms with Gasteiger partial charge in [-0.3, -0.25) is 4.57 Å². The SMILES string of the molecule is C[NH+](C)[C@@H](C[NH2+]Cc1ccc(-n2cnc3ccccc32)cc1)c1ccco1. The molecule has 0 spiro atoms. The third-order valence-corrected chi connectivity index (χ3v) is 5.03. The monoisotopic (exact) mass is 362 g/mol. The van der Waals surface area contributed by atoms with Crippen molar-refractivity contribution >= 4 is 11.0 Å². The van der Waals surface area contributed by atoms with Gasteiger partial charge in [-0.1, -0.05) is 24.3 Å². The first-order valence-electron chi connectivity index (χ1n) is 9.39. The van der Waals surface area contributed by atoms with E-state index in [0.29, 0.717) is 6.04 Å². The highest BCUT2D eigenvalue weighted by Gasteiger charge is 2.22. The van der Waals surface area contributed by atoms with Crippen LogP contribution in [0.5, 0.6) is 0 Å². The lowest BCUT2D eigenvalue weighted by Crippen LogP contribution is -3.09. The first-order valence-corrected chi connectivity index (χ1v) is 9.39. The van der Waals surface area contributed by atoms with Crippen molar-refractivity contribution in [2.24, 2.45) is 0 Å². The molecule has 5 heteroatoms. The number of nitrogens with zero attached hydrogens (tertiary/aromatic N) is 2. The summed E-state index contributed by atoms with van der Waals surface area (Å²) in [6.07, 6.45) is 3.64. The Morgan fingerprint density at radius 1 is 1.04 bits per heavy atom. The van der Waals surface area contributed by atoms with Crippen molar-refractivity contribution in [2.45, 2.75) is 12.6 Å². The second kappa shape index (κ2) is 7.78. The molecule has 3 N–H and O–H groups in total. The van der Waals surface area contributed by atoms with Gasteiger partial charge in [0, 0.05) is 11.3 Å². The van der Waals surface area contributed by atoms with Gasteiger partial charge in [0.1, 0.15) is 19.4 Å². The maximum absolute atomic E-state index is 5.60. The summed E-state index contributed by atoms with van der Waals surface area (Å²) >= 11 is 0. The maximum Gasteiger partial charge on any atom is 0.195 e. The Kier molecular flexibility index (Phi) is 5.05. The minimum absolute atomic E-state index is 0.358. The fourth-order valence-corrected chi connectivity index (χ4v) is 3.50. The van der Waals surface area contributed by atoms with Gasteiger partial charge < -0.3 is 14.6 Å². The minimum Gasteiger partial charge on any atom is -0.463 e. The number of aromatic nitrogens is 2. The molecule has 0 unspecified atom stereocenters. The number of nitrogens with one attached hydrogen (secondary N) is 1. The first kappa shape index (κ1) is 17.5. The van der Waals surface area contributed by atoms with Crippen molar-refractivity contribution in [3.63, 3.8) is 0 Å². The highest BCUT2D eigenvalue weighted by molar-refractivity contribution is 5.77. The molecule has 0 radical (unpaired) electrons. The molecule has 0 saturated heterocycles. The molecule has 4 aromatic rings. The number of hydrogen-bond donors (Lipinski definition) is 2. The lowest BCUT2D eigenvalue weighted by molar-refractivity contribution is -0.911. The van der Waals surface area contributed by atoms with Crippen LogP contribution in [0.2, 0.25) is 0 Å². The molecule has 27 heavy (non-hydrogen) atoms. The number of fused-ring (bicyclic) bond motifs is 1. The van der Waals surface area contributed by atoms with Gasteiger partial charge in [0.2, 0.25) is 0 Å². The molecular weight excluding hydrogens is 336 g/mol. The van der Waals surface area contributed by atoms with E-state index in [9.17, 15) is 0 Å². The molecule has 0 saturated carbocycles. The molecule has 1 atom stereocenters. The quantitative estimate of drug-likeness (QED) is 0.524. The molecule has 5 nitrogen and oxygen atoms in total. The Hall–Kier alpha value is -2.89. The maximum atomic E-state index is 5.60. The zero-order chi connectivity index (χ0) is 18.6. The standard InChI is InChI=1S/C22H24N4O/c1-25(2)21(22-8-5-13-27-22)15-23-14-17-9-11-18(12-10-17)26-16-24-19-6-3-4-7-20(19)26/h3-13,16,21,23H,14-15H2,1-2H3/p+2/t21-/m0/s1. The van der Waals surface area contributed by atoms with Crippen LogP contribution in [0.4, 0.5) is 0 Å².